The highest BCUT2D eigenvalue weighted by atomic mass is 35.5. The molecule has 0 amide bonds. The summed E-state index contributed by atoms with van der Waals surface area (Å²) in [5.41, 5.74) is 1.92. The molecule has 1 aromatic heterocycles. The zero-order valence-electron chi connectivity index (χ0n) is 15.8. The van der Waals surface area contributed by atoms with E-state index in [1.165, 1.54) is 11.6 Å². The average Bonchev–Trinajstić information content (AvgIpc) is 2.63. The molecule has 148 valence electrons. The standard InChI is InChI=1S/C22H19Cl2N3O2/c1-13(28)19-20(14-6-3-2-4-7-14)26-27(18-8-5-9-18)22(29)21(19)25-17-11-15(23)10-16(24)12-17/h2-4,6-7,10-12,18,25H,5,8-9H2,1H3. The van der Waals surface area contributed by atoms with E-state index in [0.717, 1.165) is 24.8 Å². The fourth-order valence-electron chi connectivity index (χ4n) is 3.45. The number of nitrogens with zero attached hydrogens (tertiary/aromatic N) is 2. The van der Waals surface area contributed by atoms with Gasteiger partial charge < -0.3 is 5.32 Å². The molecule has 1 aliphatic rings. The van der Waals surface area contributed by atoms with E-state index >= 15 is 0 Å². The van der Waals surface area contributed by atoms with Gasteiger partial charge in [-0.3, -0.25) is 9.59 Å². The van der Waals surface area contributed by atoms with Crippen LogP contribution in [-0.4, -0.2) is 15.6 Å². The quantitative estimate of drug-likeness (QED) is 0.515. The minimum Gasteiger partial charge on any atom is -0.350 e. The van der Waals surface area contributed by atoms with E-state index in [4.69, 9.17) is 23.2 Å². The van der Waals surface area contributed by atoms with Crippen molar-refractivity contribution >= 4 is 40.4 Å². The molecule has 3 aromatic rings. The van der Waals surface area contributed by atoms with Crippen LogP contribution in [0, 0.1) is 0 Å². The van der Waals surface area contributed by atoms with Crippen LogP contribution in [0.5, 0.6) is 0 Å². The van der Waals surface area contributed by atoms with E-state index in [0.29, 0.717) is 21.4 Å². The molecule has 29 heavy (non-hydrogen) atoms. The lowest BCUT2D eigenvalue weighted by molar-refractivity contribution is 0.101. The van der Waals surface area contributed by atoms with Gasteiger partial charge in [-0.25, -0.2) is 4.68 Å². The number of ketones is 1. The van der Waals surface area contributed by atoms with Gasteiger partial charge in [0.1, 0.15) is 11.4 Å². The summed E-state index contributed by atoms with van der Waals surface area (Å²) in [5, 5.41) is 8.57. The van der Waals surface area contributed by atoms with Gasteiger partial charge in [-0.1, -0.05) is 53.5 Å². The second-order valence-electron chi connectivity index (χ2n) is 7.14. The molecule has 0 spiro atoms. The molecule has 0 aliphatic heterocycles. The molecule has 0 bridgehead atoms. The molecule has 5 nitrogen and oxygen atoms in total. The second kappa shape index (κ2) is 8.01. The van der Waals surface area contributed by atoms with Crippen molar-refractivity contribution in [2.45, 2.75) is 32.2 Å². The van der Waals surface area contributed by atoms with Crippen LogP contribution in [0.2, 0.25) is 10.0 Å². The Hall–Kier alpha value is -2.63. The molecular weight excluding hydrogens is 409 g/mol. The first kappa shape index (κ1) is 19.7. The Morgan fingerprint density at radius 2 is 1.76 bits per heavy atom. The van der Waals surface area contributed by atoms with Crippen LogP contribution in [0.3, 0.4) is 0 Å². The summed E-state index contributed by atoms with van der Waals surface area (Å²) < 4.78 is 1.51. The van der Waals surface area contributed by atoms with Crippen molar-refractivity contribution in [3.63, 3.8) is 0 Å². The number of aromatic nitrogens is 2. The lowest BCUT2D eigenvalue weighted by atomic mass is 9.93. The van der Waals surface area contributed by atoms with Gasteiger partial charge in [0.05, 0.1) is 11.6 Å². The van der Waals surface area contributed by atoms with Crippen molar-refractivity contribution in [3.8, 4) is 11.3 Å². The predicted molar refractivity (Wildman–Crippen MR) is 117 cm³/mol. The lowest BCUT2D eigenvalue weighted by Gasteiger charge is -2.28. The molecule has 7 heteroatoms. The number of anilines is 2. The fourth-order valence-corrected chi connectivity index (χ4v) is 3.97. The van der Waals surface area contributed by atoms with Crippen molar-refractivity contribution < 1.29 is 4.79 Å². The summed E-state index contributed by atoms with van der Waals surface area (Å²) in [4.78, 5) is 25.9. The highest BCUT2D eigenvalue weighted by molar-refractivity contribution is 6.35. The Kier molecular flexibility index (Phi) is 5.43. The van der Waals surface area contributed by atoms with Crippen LogP contribution >= 0.6 is 23.2 Å². The van der Waals surface area contributed by atoms with Crippen LogP contribution < -0.4 is 10.9 Å². The number of hydrogen-bond donors (Lipinski definition) is 1. The maximum atomic E-state index is 13.3. The summed E-state index contributed by atoms with van der Waals surface area (Å²) in [7, 11) is 0. The van der Waals surface area contributed by atoms with Gasteiger partial charge in [-0.15, -0.1) is 0 Å². The van der Waals surface area contributed by atoms with Crippen molar-refractivity contribution in [2.24, 2.45) is 0 Å². The second-order valence-corrected chi connectivity index (χ2v) is 8.01. The molecular formula is C22H19Cl2N3O2. The first-order chi connectivity index (χ1) is 13.9. The van der Waals surface area contributed by atoms with Crippen molar-refractivity contribution in [2.75, 3.05) is 5.32 Å². The molecule has 1 saturated carbocycles. The fraction of sp³-hybridized carbons (Fsp3) is 0.227. The first-order valence-electron chi connectivity index (χ1n) is 9.40. The summed E-state index contributed by atoms with van der Waals surface area (Å²) in [6, 6.07) is 14.4. The number of halogens is 2. The molecule has 0 atom stereocenters. The summed E-state index contributed by atoms with van der Waals surface area (Å²) in [5.74, 6) is -0.246. The number of rotatable bonds is 5. The molecule has 0 unspecified atom stereocenters. The largest absolute Gasteiger partial charge is 0.350 e. The van der Waals surface area contributed by atoms with E-state index in [1.54, 1.807) is 18.2 Å². The molecule has 4 rings (SSSR count). The van der Waals surface area contributed by atoms with Gasteiger partial charge >= 0.3 is 0 Å². The third-order valence-electron chi connectivity index (χ3n) is 5.07. The minimum absolute atomic E-state index is 0.0365. The first-order valence-corrected chi connectivity index (χ1v) is 10.2. The summed E-state index contributed by atoms with van der Waals surface area (Å²) in [6.45, 7) is 1.44. The Morgan fingerprint density at radius 3 is 2.31 bits per heavy atom. The lowest BCUT2D eigenvalue weighted by Crippen LogP contribution is -2.34. The topological polar surface area (TPSA) is 64.0 Å². The normalized spacial score (nSPS) is 13.8. The van der Waals surface area contributed by atoms with Crippen LogP contribution in [0.25, 0.3) is 11.3 Å². The van der Waals surface area contributed by atoms with E-state index in [-0.39, 0.29) is 28.6 Å². The molecule has 1 N–H and O–H groups in total. The van der Waals surface area contributed by atoms with Crippen molar-refractivity contribution in [1.82, 2.24) is 9.78 Å². The van der Waals surface area contributed by atoms with Gasteiger partial charge in [0.2, 0.25) is 0 Å². The predicted octanol–water partition coefficient (Wildman–Crippen LogP) is 5.89. The number of Topliss-reactive ketones (excluding diaryl/α,β-unsaturated/α-hetero) is 1. The van der Waals surface area contributed by atoms with E-state index < -0.39 is 0 Å². The van der Waals surface area contributed by atoms with E-state index in [9.17, 15) is 9.59 Å². The van der Waals surface area contributed by atoms with Crippen LogP contribution in [-0.2, 0) is 0 Å². The van der Waals surface area contributed by atoms with Gasteiger partial charge in [-0.05, 0) is 44.4 Å². The SMILES string of the molecule is CC(=O)c1c(-c2ccccc2)nn(C2CCC2)c(=O)c1Nc1cc(Cl)cc(Cl)c1. The molecule has 1 heterocycles. The number of carbonyl (C=O) groups is 1. The number of benzene rings is 2. The Bertz CT molecular complexity index is 1120. The Morgan fingerprint density at radius 1 is 1.10 bits per heavy atom. The third-order valence-corrected chi connectivity index (χ3v) is 5.50. The monoisotopic (exact) mass is 427 g/mol. The van der Waals surface area contributed by atoms with Crippen LogP contribution in [0.4, 0.5) is 11.4 Å². The van der Waals surface area contributed by atoms with Gasteiger partial charge in [0.25, 0.3) is 5.56 Å². The third kappa shape index (κ3) is 3.93. The Balaban J connectivity index is 1.96. The molecule has 2 aromatic carbocycles. The van der Waals surface area contributed by atoms with Gasteiger partial charge in [0.15, 0.2) is 5.78 Å². The minimum atomic E-state index is -0.323. The molecule has 0 radical (unpaired) electrons. The Labute approximate surface area is 178 Å². The smallest absolute Gasteiger partial charge is 0.291 e. The highest BCUT2D eigenvalue weighted by Crippen LogP contribution is 2.34. The zero-order valence-corrected chi connectivity index (χ0v) is 17.3. The maximum absolute atomic E-state index is 13.3. The van der Waals surface area contributed by atoms with Crippen molar-refractivity contribution in [3.05, 3.63) is 74.5 Å². The molecule has 1 aliphatic carbocycles. The maximum Gasteiger partial charge on any atom is 0.291 e. The van der Waals surface area contributed by atoms with E-state index in [2.05, 4.69) is 10.4 Å². The summed E-state index contributed by atoms with van der Waals surface area (Å²) in [6.07, 6.45) is 2.84. The van der Waals surface area contributed by atoms with E-state index in [1.807, 2.05) is 30.3 Å². The average molecular weight is 428 g/mol. The number of nitrogens with one attached hydrogen (secondary N) is 1. The summed E-state index contributed by atoms with van der Waals surface area (Å²) >= 11 is 12.2. The molecule has 1 fully saturated rings. The van der Waals surface area contributed by atoms with Crippen LogP contribution in [0.15, 0.2) is 53.3 Å². The zero-order chi connectivity index (χ0) is 20.5. The van der Waals surface area contributed by atoms with Crippen molar-refractivity contribution in [1.29, 1.82) is 0 Å². The number of carbonyl (C=O) groups excluding carboxylic acids is 1. The van der Waals surface area contributed by atoms with Gasteiger partial charge in [-0.2, -0.15) is 5.10 Å². The highest BCUT2D eigenvalue weighted by Gasteiger charge is 2.28. The van der Waals surface area contributed by atoms with Crippen LogP contribution in [0.1, 0.15) is 42.6 Å². The molecule has 0 saturated heterocycles. The van der Waals surface area contributed by atoms with Gasteiger partial charge in [0, 0.05) is 21.3 Å². The number of hydrogen-bond acceptors (Lipinski definition) is 4.